The number of benzene rings is 1. The number of rotatable bonds is 2. The van der Waals surface area contributed by atoms with Crippen LogP contribution >= 0.6 is 0 Å². The maximum Gasteiger partial charge on any atom is 0.247 e. The van der Waals surface area contributed by atoms with E-state index in [0.29, 0.717) is 19.6 Å². The van der Waals surface area contributed by atoms with Crippen LogP contribution < -0.4 is 5.32 Å². The fourth-order valence-electron chi connectivity index (χ4n) is 2.00. The summed E-state index contributed by atoms with van der Waals surface area (Å²) in [5.74, 6) is -1.89. The molecule has 0 unspecified atom stereocenters. The first kappa shape index (κ1) is 14.2. The number of piperazine rings is 1. The molecular formula is C14H13F2N3O. The molecule has 1 aromatic rings. The Morgan fingerprint density at radius 3 is 2.80 bits per heavy atom. The first-order chi connectivity index (χ1) is 9.63. The molecule has 1 atom stereocenters. The highest BCUT2D eigenvalue weighted by Crippen LogP contribution is 2.14. The zero-order valence-corrected chi connectivity index (χ0v) is 10.6. The molecule has 0 saturated carbocycles. The second kappa shape index (κ2) is 6.26. The number of nitrogens with one attached hydrogen (secondary N) is 1. The molecule has 1 N–H and O–H groups in total. The van der Waals surface area contributed by atoms with Crippen molar-refractivity contribution in [3.8, 4) is 6.07 Å². The minimum atomic E-state index is -0.730. The smallest absolute Gasteiger partial charge is 0.247 e. The number of hydrogen-bond acceptors (Lipinski definition) is 3. The summed E-state index contributed by atoms with van der Waals surface area (Å²) in [5.41, 5.74) is -0.260. The Bertz CT molecular complexity index is 560. The zero-order chi connectivity index (χ0) is 14.5. The number of halogens is 2. The second-order valence-corrected chi connectivity index (χ2v) is 4.35. The van der Waals surface area contributed by atoms with Crippen LogP contribution in [-0.2, 0) is 4.79 Å². The third-order valence-corrected chi connectivity index (χ3v) is 3.07. The van der Waals surface area contributed by atoms with Crippen LogP contribution in [0.4, 0.5) is 8.78 Å². The number of carbonyl (C=O) groups excluding carboxylic acids is 1. The lowest BCUT2D eigenvalue weighted by atomic mass is 10.1. The van der Waals surface area contributed by atoms with Crippen LogP contribution in [0.1, 0.15) is 5.56 Å². The molecule has 104 valence electrons. The summed E-state index contributed by atoms with van der Waals surface area (Å²) in [7, 11) is 0. The van der Waals surface area contributed by atoms with Gasteiger partial charge in [0.15, 0.2) is 0 Å². The van der Waals surface area contributed by atoms with Gasteiger partial charge in [0.2, 0.25) is 5.91 Å². The Morgan fingerprint density at radius 2 is 2.15 bits per heavy atom. The van der Waals surface area contributed by atoms with E-state index >= 15 is 0 Å². The third kappa shape index (κ3) is 3.00. The van der Waals surface area contributed by atoms with Crippen LogP contribution in [-0.4, -0.2) is 36.5 Å². The van der Waals surface area contributed by atoms with Gasteiger partial charge in [-0.2, -0.15) is 5.26 Å². The molecule has 0 radical (unpaired) electrons. The maximum atomic E-state index is 13.4. The minimum Gasteiger partial charge on any atom is -0.321 e. The third-order valence-electron chi connectivity index (χ3n) is 3.07. The Balaban J connectivity index is 2.15. The van der Waals surface area contributed by atoms with Crippen LogP contribution in [0.3, 0.4) is 0 Å². The molecule has 1 aromatic carbocycles. The predicted octanol–water partition coefficient (Wildman–Crippen LogP) is 1.30. The normalized spacial score (nSPS) is 19.1. The van der Waals surface area contributed by atoms with E-state index in [1.807, 2.05) is 6.07 Å². The van der Waals surface area contributed by atoms with E-state index in [0.717, 1.165) is 24.3 Å². The standard InChI is InChI=1S/C14H13F2N3O/c15-12-2-1-3-13(16)11(12)4-5-14(20)19-7-6-18-9-10(19)8-17/h1-5,10,18H,6-7,9H2/b5-4+/t10-/m1/s1. The highest BCUT2D eigenvalue weighted by molar-refractivity contribution is 5.92. The Labute approximate surface area is 115 Å². The van der Waals surface area contributed by atoms with E-state index in [-0.39, 0.29) is 5.56 Å². The highest BCUT2D eigenvalue weighted by Gasteiger charge is 2.24. The van der Waals surface area contributed by atoms with E-state index < -0.39 is 23.6 Å². The van der Waals surface area contributed by atoms with Crippen LogP contribution in [0.25, 0.3) is 6.08 Å². The van der Waals surface area contributed by atoms with Gasteiger partial charge in [-0.25, -0.2) is 8.78 Å². The lowest BCUT2D eigenvalue weighted by Gasteiger charge is -2.31. The van der Waals surface area contributed by atoms with E-state index in [1.165, 1.54) is 11.0 Å². The monoisotopic (exact) mass is 277 g/mol. The number of nitrogens with zero attached hydrogens (tertiary/aromatic N) is 2. The molecule has 20 heavy (non-hydrogen) atoms. The Hall–Kier alpha value is -2.26. The topological polar surface area (TPSA) is 56.1 Å². The summed E-state index contributed by atoms with van der Waals surface area (Å²) < 4.78 is 26.8. The van der Waals surface area contributed by atoms with Crippen LogP contribution in [0, 0.1) is 23.0 Å². The average molecular weight is 277 g/mol. The van der Waals surface area contributed by atoms with Crippen molar-refractivity contribution < 1.29 is 13.6 Å². The molecular weight excluding hydrogens is 264 g/mol. The van der Waals surface area contributed by atoms with Gasteiger partial charge in [-0.1, -0.05) is 6.07 Å². The van der Waals surface area contributed by atoms with Gasteiger partial charge in [0, 0.05) is 31.3 Å². The largest absolute Gasteiger partial charge is 0.321 e. The summed E-state index contributed by atoms with van der Waals surface area (Å²) in [6.45, 7) is 1.37. The van der Waals surface area contributed by atoms with Gasteiger partial charge in [-0.15, -0.1) is 0 Å². The molecule has 0 aromatic heterocycles. The van der Waals surface area contributed by atoms with Gasteiger partial charge in [0.25, 0.3) is 0 Å². The van der Waals surface area contributed by atoms with Crippen molar-refractivity contribution in [3.05, 3.63) is 41.5 Å². The van der Waals surface area contributed by atoms with E-state index in [4.69, 9.17) is 5.26 Å². The average Bonchev–Trinajstić information content (AvgIpc) is 2.46. The minimum absolute atomic E-state index is 0.260. The molecule has 6 heteroatoms. The SMILES string of the molecule is N#C[C@@H]1CNCCN1C(=O)/C=C/c1c(F)cccc1F. The summed E-state index contributed by atoms with van der Waals surface area (Å²) in [6.07, 6.45) is 2.20. The quantitative estimate of drug-likeness (QED) is 0.829. The first-order valence-corrected chi connectivity index (χ1v) is 6.16. The molecule has 1 fully saturated rings. The predicted molar refractivity (Wildman–Crippen MR) is 69.4 cm³/mol. The van der Waals surface area contributed by atoms with Crippen molar-refractivity contribution in [1.29, 1.82) is 5.26 Å². The van der Waals surface area contributed by atoms with Crippen molar-refractivity contribution in [3.63, 3.8) is 0 Å². The fraction of sp³-hybridized carbons (Fsp3) is 0.286. The Kier molecular flexibility index (Phi) is 4.43. The number of hydrogen-bond donors (Lipinski definition) is 1. The molecule has 1 heterocycles. The van der Waals surface area contributed by atoms with Crippen molar-refractivity contribution in [2.24, 2.45) is 0 Å². The number of carbonyl (C=O) groups is 1. The van der Waals surface area contributed by atoms with Crippen molar-refractivity contribution in [2.45, 2.75) is 6.04 Å². The molecule has 1 aliphatic heterocycles. The highest BCUT2D eigenvalue weighted by atomic mass is 19.1. The second-order valence-electron chi connectivity index (χ2n) is 4.35. The lowest BCUT2D eigenvalue weighted by Crippen LogP contribution is -2.52. The summed E-state index contributed by atoms with van der Waals surface area (Å²) >= 11 is 0. The van der Waals surface area contributed by atoms with E-state index in [9.17, 15) is 13.6 Å². The van der Waals surface area contributed by atoms with Gasteiger partial charge in [-0.05, 0) is 18.2 Å². The van der Waals surface area contributed by atoms with Gasteiger partial charge < -0.3 is 10.2 Å². The van der Waals surface area contributed by atoms with E-state index in [2.05, 4.69) is 5.32 Å². The molecule has 1 aliphatic rings. The van der Waals surface area contributed by atoms with Crippen LogP contribution in [0.5, 0.6) is 0 Å². The first-order valence-electron chi connectivity index (χ1n) is 6.16. The molecule has 4 nitrogen and oxygen atoms in total. The van der Waals surface area contributed by atoms with Crippen LogP contribution in [0.2, 0.25) is 0 Å². The summed E-state index contributed by atoms with van der Waals surface area (Å²) in [4.78, 5) is 13.4. The number of amides is 1. The van der Waals surface area contributed by atoms with Crippen molar-refractivity contribution >= 4 is 12.0 Å². The molecule has 2 rings (SSSR count). The van der Waals surface area contributed by atoms with E-state index in [1.54, 1.807) is 0 Å². The fourth-order valence-corrected chi connectivity index (χ4v) is 2.00. The molecule has 0 bridgehead atoms. The number of nitriles is 1. The molecule has 1 amide bonds. The van der Waals surface area contributed by atoms with Crippen molar-refractivity contribution in [2.75, 3.05) is 19.6 Å². The van der Waals surface area contributed by atoms with Crippen LogP contribution in [0.15, 0.2) is 24.3 Å². The summed E-state index contributed by atoms with van der Waals surface area (Å²) in [5, 5.41) is 12.0. The Morgan fingerprint density at radius 1 is 1.45 bits per heavy atom. The summed E-state index contributed by atoms with van der Waals surface area (Å²) in [6, 6.07) is 4.95. The van der Waals surface area contributed by atoms with Crippen molar-refractivity contribution in [1.82, 2.24) is 10.2 Å². The maximum absolute atomic E-state index is 13.4. The van der Waals surface area contributed by atoms with Gasteiger partial charge in [0.1, 0.15) is 17.7 Å². The zero-order valence-electron chi connectivity index (χ0n) is 10.6. The molecule has 1 saturated heterocycles. The molecule has 0 spiro atoms. The van der Waals surface area contributed by atoms with Gasteiger partial charge in [0.05, 0.1) is 6.07 Å². The molecule has 0 aliphatic carbocycles. The van der Waals surface area contributed by atoms with Gasteiger partial charge >= 0.3 is 0 Å². The van der Waals surface area contributed by atoms with Gasteiger partial charge in [-0.3, -0.25) is 4.79 Å². The lowest BCUT2D eigenvalue weighted by molar-refractivity contribution is -0.127.